The van der Waals surface area contributed by atoms with E-state index in [4.69, 9.17) is 0 Å². The zero-order valence-corrected chi connectivity index (χ0v) is 13.3. The molecule has 0 heterocycles. The highest BCUT2D eigenvalue weighted by Gasteiger charge is 2.07. The maximum absolute atomic E-state index is 3.97. The molecule has 109 valence electrons. The Hall–Kier alpha value is 0. The van der Waals surface area contributed by atoms with Crippen LogP contribution in [0.1, 0.15) is 97.8 Å². The van der Waals surface area contributed by atoms with Crippen molar-refractivity contribution in [1.82, 2.24) is 0 Å². The Labute approximate surface area is 117 Å². The van der Waals surface area contributed by atoms with Gasteiger partial charge >= 0.3 is 0 Å². The van der Waals surface area contributed by atoms with Crippen molar-refractivity contribution in [2.24, 2.45) is 11.8 Å². The van der Waals surface area contributed by atoms with Crippen LogP contribution >= 0.6 is 0 Å². The molecular formula is C18H37. The van der Waals surface area contributed by atoms with Gasteiger partial charge in [0.2, 0.25) is 0 Å². The third-order valence-electron chi connectivity index (χ3n) is 4.17. The first-order valence-corrected chi connectivity index (χ1v) is 8.53. The molecule has 0 N–H and O–H groups in total. The monoisotopic (exact) mass is 253 g/mol. The molecule has 1 radical (unpaired) electrons. The largest absolute Gasteiger partial charge is 0.0654 e. The fourth-order valence-electron chi connectivity index (χ4n) is 2.90. The first-order chi connectivity index (χ1) is 8.74. The highest BCUT2D eigenvalue weighted by Crippen LogP contribution is 2.23. The molecule has 0 aromatic rings. The van der Waals surface area contributed by atoms with Gasteiger partial charge in [-0.2, -0.15) is 0 Å². The predicted molar refractivity (Wildman–Crippen MR) is 84.8 cm³/mol. The van der Waals surface area contributed by atoms with Gasteiger partial charge in [-0.05, 0) is 11.8 Å². The highest BCUT2D eigenvalue weighted by atomic mass is 14.1. The molecule has 0 amide bonds. The van der Waals surface area contributed by atoms with Crippen molar-refractivity contribution < 1.29 is 0 Å². The van der Waals surface area contributed by atoms with Gasteiger partial charge in [-0.25, -0.2) is 0 Å². The second-order valence-electron chi connectivity index (χ2n) is 6.18. The van der Waals surface area contributed by atoms with Crippen molar-refractivity contribution >= 4 is 0 Å². The number of rotatable bonds is 13. The summed E-state index contributed by atoms with van der Waals surface area (Å²) in [5.74, 6) is 1.94. The van der Waals surface area contributed by atoms with Crippen LogP contribution in [-0.2, 0) is 0 Å². The molecule has 0 rings (SSSR count). The minimum Gasteiger partial charge on any atom is -0.0654 e. The van der Waals surface area contributed by atoms with Crippen molar-refractivity contribution in [3.8, 4) is 0 Å². The maximum atomic E-state index is 3.97. The smallest absolute Gasteiger partial charge is 0.0414 e. The zero-order chi connectivity index (χ0) is 13.6. The van der Waals surface area contributed by atoms with Gasteiger partial charge in [-0.3, -0.25) is 0 Å². The fourth-order valence-corrected chi connectivity index (χ4v) is 2.90. The van der Waals surface area contributed by atoms with Crippen molar-refractivity contribution in [2.75, 3.05) is 0 Å². The Morgan fingerprint density at radius 2 is 1.33 bits per heavy atom. The predicted octanol–water partition coefficient (Wildman–Crippen LogP) is 6.79. The average Bonchev–Trinajstić information content (AvgIpc) is 2.38. The summed E-state index contributed by atoms with van der Waals surface area (Å²) in [6.07, 6.45) is 16.7. The second-order valence-corrected chi connectivity index (χ2v) is 6.18. The summed E-state index contributed by atoms with van der Waals surface area (Å²) in [4.78, 5) is 0. The van der Waals surface area contributed by atoms with E-state index in [1.807, 2.05) is 0 Å². The molecule has 0 aliphatic carbocycles. The first-order valence-electron chi connectivity index (χ1n) is 8.53. The van der Waals surface area contributed by atoms with E-state index in [-0.39, 0.29) is 0 Å². The molecule has 0 aromatic carbocycles. The van der Waals surface area contributed by atoms with Crippen LogP contribution in [-0.4, -0.2) is 0 Å². The first kappa shape index (κ1) is 18.0. The van der Waals surface area contributed by atoms with Gasteiger partial charge < -0.3 is 0 Å². The van der Waals surface area contributed by atoms with E-state index in [0.717, 1.165) is 18.3 Å². The van der Waals surface area contributed by atoms with E-state index in [0.29, 0.717) is 0 Å². The molecule has 0 fully saturated rings. The van der Waals surface area contributed by atoms with Crippen LogP contribution in [0.15, 0.2) is 0 Å². The summed E-state index contributed by atoms with van der Waals surface area (Å²) in [6, 6.07) is 0. The summed E-state index contributed by atoms with van der Waals surface area (Å²) >= 11 is 0. The number of hydrogen-bond acceptors (Lipinski definition) is 0. The molecule has 0 aliphatic rings. The van der Waals surface area contributed by atoms with Crippen LogP contribution in [0.3, 0.4) is 0 Å². The molecule has 0 aromatic heterocycles. The van der Waals surface area contributed by atoms with Crippen LogP contribution in [0.25, 0.3) is 0 Å². The van der Waals surface area contributed by atoms with Crippen LogP contribution in [0.2, 0.25) is 0 Å². The van der Waals surface area contributed by atoms with Crippen molar-refractivity contribution in [3.63, 3.8) is 0 Å². The van der Waals surface area contributed by atoms with Gasteiger partial charge in [0.15, 0.2) is 0 Å². The zero-order valence-electron chi connectivity index (χ0n) is 13.3. The van der Waals surface area contributed by atoms with E-state index in [1.165, 1.54) is 70.6 Å². The molecule has 2 atom stereocenters. The summed E-state index contributed by atoms with van der Waals surface area (Å²) in [7, 11) is 0. The number of hydrogen-bond donors (Lipinski definition) is 0. The molecule has 0 spiro atoms. The van der Waals surface area contributed by atoms with Gasteiger partial charge in [0.1, 0.15) is 0 Å². The van der Waals surface area contributed by atoms with E-state index in [2.05, 4.69) is 27.7 Å². The Bertz CT molecular complexity index is 150. The Kier molecular flexibility index (Phi) is 13.4. The lowest BCUT2D eigenvalue weighted by Gasteiger charge is -2.16. The maximum Gasteiger partial charge on any atom is -0.0414 e. The highest BCUT2D eigenvalue weighted by molar-refractivity contribution is 4.61. The third-order valence-corrected chi connectivity index (χ3v) is 4.17. The Morgan fingerprint density at radius 3 is 1.94 bits per heavy atom. The molecule has 0 bridgehead atoms. The minimum absolute atomic E-state index is 0.953. The van der Waals surface area contributed by atoms with Gasteiger partial charge in [0.25, 0.3) is 0 Å². The molecule has 0 saturated heterocycles. The van der Waals surface area contributed by atoms with E-state index in [1.54, 1.807) is 0 Å². The quantitative estimate of drug-likeness (QED) is 0.317. The summed E-state index contributed by atoms with van der Waals surface area (Å²) < 4.78 is 0. The average molecular weight is 253 g/mol. The molecule has 0 saturated carbocycles. The Balaban J connectivity index is 3.52. The lowest BCUT2D eigenvalue weighted by molar-refractivity contribution is 0.372. The molecule has 0 aliphatic heterocycles. The summed E-state index contributed by atoms with van der Waals surface area (Å²) in [5.41, 5.74) is 0. The second kappa shape index (κ2) is 13.4. The molecule has 2 unspecified atom stereocenters. The molecular weight excluding hydrogens is 216 g/mol. The van der Waals surface area contributed by atoms with Gasteiger partial charge in [-0.1, -0.05) is 105 Å². The van der Waals surface area contributed by atoms with Gasteiger partial charge in [0.05, 0.1) is 0 Å². The summed E-state index contributed by atoms with van der Waals surface area (Å²) in [6.45, 7) is 11.0. The SMILES string of the molecule is [CH2]CCCC(CCC)CCCCC(C)CCCC. The van der Waals surface area contributed by atoms with Crippen LogP contribution in [0.5, 0.6) is 0 Å². The summed E-state index contributed by atoms with van der Waals surface area (Å²) in [5, 5.41) is 0. The van der Waals surface area contributed by atoms with Crippen LogP contribution in [0, 0.1) is 18.8 Å². The normalized spacial score (nSPS) is 14.7. The van der Waals surface area contributed by atoms with Gasteiger partial charge in [0, 0.05) is 0 Å². The Morgan fingerprint density at radius 1 is 0.722 bits per heavy atom. The van der Waals surface area contributed by atoms with Crippen molar-refractivity contribution in [1.29, 1.82) is 0 Å². The van der Waals surface area contributed by atoms with Crippen LogP contribution < -0.4 is 0 Å². The third kappa shape index (κ3) is 11.1. The lowest BCUT2D eigenvalue weighted by Crippen LogP contribution is -2.01. The van der Waals surface area contributed by atoms with Crippen LogP contribution in [0.4, 0.5) is 0 Å². The molecule has 18 heavy (non-hydrogen) atoms. The van der Waals surface area contributed by atoms with E-state index < -0.39 is 0 Å². The van der Waals surface area contributed by atoms with Crippen molar-refractivity contribution in [2.45, 2.75) is 97.8 Å². The number of unbranched alkanes of at least 4 members (excludes halogenated alkanes) is 3. The van der Waals surface area contributed by atoms with E-state index >= 15 is 0 Å². The minimum atomic E-state index is 0.953. The molecule has 0 heteroatoms. The lowest BCUT2D eigenvalue weighted by atomic mass is 9.90. The van der Waals surface area contributed by atoms with E-state index in [9.17, 15) is 0 Å². The fraction of sp³-hybridized carbons (Fsp3) is 0.944. The van der Waals surface area contributed by atoms with Crippen molar-refractivity contribution in [3.05, 3.63) is 6.92 Å². The standard InChI is InChI=1S/C18H37/c1-5-8-13-17(4)14-10-11-16-18(12-7-3)15-9-6-2/h17-18H,2,5-16H2,1,3-4H3. The molecule has 0 nitrogen and oxygen atoms in total. The van der Waals surface area contributed by atoms with Gasteiger partial charge in [-0.15, -0.1) is 0 Å². The topological polar surface area (TPSA) is 0 Å².